The molecular weight excluding hydrogens is 406 g/mol. The molecule has 32 heavy (non-hydrogen) atoms. The molecule has 2 amide bonds. The summed E-state index contributed by atoms with van der Waals surface area (Å²) in [5, 5.41) is 6.37. The summed E-state index contributed by atoms with van der Waals surface area (Å²) in [6, 6.07) is 8.53. The number of hydrogen-bond donors (Lipinski definition) is 2. The van der Waals surface area contributed by atoms with Gasteiger partial charge in [0, 0.05) is 13.5 Å². The minimum Gasteiger partial charge on any atom is -0.464 e. The molecule has 1 aromatic rings. The number of nitrogens with one attached hydrogen (secondary N) is 2. The summed E-state index contributed by atoms with van der Waals surface area (Å²) < 4.78 is 5.27. The molecule has 0 saturated carbocycles. The van der Waals surface area contributed by atoms with Gasteiger partial charge >= 0.3 is 5.97 Å². The van der Waals surface area contributed by atoms with Gasteiger partial charge in [0.1, 0.15) is 12.6 Å². The molecule has 7 heteroatoms. The van der Waals surface area contributed by atoms with Crippen molar-refractivity contribution in [2.75, 3.05) is 26.7 Å². The van der Waals surface area contributed by atoms with Crippen LogP contribution in [-0.2, 0) is 25.5 Å². The molecule has 2 rings (SSSR count). The van der Waals surface area contributed by atoms with Crippen LogP contribution in [0.4, 0.5) is 0 Å². The average Bonchev–Trinajstić information content (AvgIpc) is 2.79. The quantitative estimate of drug-likeness (QED) is 0.498. The second-order valence-corrected chi connectivity index (χ2v) is 8.58. The van der Waals surface area contributed by atoms with Crippen LogP contribution in [0.2, 0.25) is 0 Å². The van der Waals surface area contributed by atoms with E-state index in [-0.39, 0.29) is 24.4 Å². The Kier molecular flexibility index (Phi) is 11.8. The monoisotopic (exact) mass is 445 g/mol. The normalized spacial score (nSPS) is 21.9. The number of nitrogens with zero attached hydrogens (tertiary/aromatic N) is 1. The molecule has 0 spiro atoms. The lowest BCUT2D eigenvalue weighted by Crippen LogP contribution is -2.54. The van der Waals surface area contributed by atoms with Crippen molar-refractivity contribution in [3.63, 3.8) is 0 Å². The highest BCUT2D eigenvalue weighted by Gasteiger charge is 2.28. The molecule has 178 valence electrons. The van der Waals surface area contributed by atoms with Crippen molar-refractivity contribution in [3.05, 3.63) is 35.9 Å². The Labute approximate surface area is 192 Å². The molecular formula is C25H39N3O4. The predicted molar refractivity (Wildman–Crippen MR) is 125 cm³/mol. The number of benzene rings is 1. The standard InChI is InChI=1S/C25H39N3O4/c1-3-4-5-10-15-21-24(30)27-22(18-20-13-8-6-9-14-20)25(31)28(2)19-23(29)32-17-12-7-11-16-26-21/h6,8-9,13-14,21-22,26H,3-5,7,10-12,15-19H2,1-2H3,(H,27,30). The zero-order valence-electron chi connectivity index (χ0n) is 19.6. The summed E-state index contributed by atoms with van der Waals surface area (Å²) in [6.45, 7) is 3.11. The fourth-order valence-electron chi connectivity index (χ4n) is 3.87. The van der Waals surface area contributed by atoms with Gasteiger partial charge in [-0.1, -0.05) is 62.9 Å². The van der Waals surface area contributed by atoms with Crippen molar-refractivity contribution < 1.29 is 19.1 Å². The Balaban J connectivity index is 2.17. The second-order valence-electron chi connectivity index (χ2n) is 8.58. The first-order chi connectivity index (χ1) is 15.5. The van der Waals surface area contributed by atoms with Crippen molar-refractivity contribution >= 4 is 17.8 Å². The molecule has 0 radical (unpaired) electrons. The summed E-state index contributed by atoms with van der Waals surface area (Å²) in [5.41, 5.74) is 0.951. The van der Waals surface area contributed by atoms with Gasteiger partial charge in [-0.25, -0.2) is 0 Å². The summed E-state index contributed by atoms with van der Waals surface area (Å²) in [5.74, 6) is -0.868. The van der Waals surface area contributed by atoms with Crippen LogP contribution in [0.25, 0.3) is 0 Å². The van der Waals surface area contributed by atoms with E-state index in [0.29, 0.717) is 13.0 Å². The van der Waals surface area contributed by atoms with E-state index in [1.54, 1.807) is 7.05 Å². The molecule has 0 bridgehead atoms. The number of rotatable bonds is 7. The van der Waals surface area contributed by atoms with Crippen LogP contribution in [0.1, 0.15) is 63.9 Å². The third kappa shape index (κ3) is 9.39. The van der Waals surface area contributed by atoms with Crippen molar-refractivity contribution in [2.45, 2.75) is 76.8 Å². The zero-order chi connectivity index (χ0) is 23.2. The minimum absolute atomic E-state index is 0.126. The first-order valence-electron chi connectivity index (χ1n) is 12.0. The number of ether oxygens (including phenoxy) is 1. The third-order valence-corrected chi connectivity index (χ3v) is 5.78. The maximum absolute atomic E-state index is 13.2. The van der Waals surface area contributed by atoms with E-state index in [4.69, 9.17) is 4.74 Å². The van der Waals surface area contributed by atoms with E-state index in [9.17, 15) is 14.4 Å². The summed E-state index contributed by atoms with van der Waals surface area (Å²) in [7, 11) is 1.58. The van der Waals surface area contributed by atoms with Crippen molar-refractivity contribution in [1.29, 1.82) is 0 Å². The van der Waals surface area contributed by atoms with E-state index in [1.807, 2.05) is 30.3 Å². The predicted octanol–water partition coefficient (Wildman–Crippen LogP) is 2.83. The lowest BCUT2D eigenvalue weighted by Gasteiger charge is -2.26. The molecule has 2 unspecified atom stereocenters. The van der Waals surface area contributed by atoms with Gasteiger partial charge in [0.2, 0.25) is 11.8 Å². The number of carbonyl (C=O) groups is 3. The van der Waals surface area contributed by atoms with Gasteiger partial charge in [0.15, 0.2) is 0 Å². The number of amides is 2. The Bertz CT molecular complexity index is 710. The lowest BCUT2D eigenvalue weighted by molar-refractivity contribution is -0.149. The van der Waals surface area contributed by atoms with Crippen LogP contribution in [-0.4, -0.2) is 61.5 Å². The van der Waals surface area contributed by atoms with Gasteiger partial charge in [0.25, 0.3) is 0 Å². The molecule has 1 fully saturated rings. The van der Waals surface area contributed by atoms with Crippen LogP contribution < -0.4 is 10.6 Å². The third-order valence-electron chi connectivity index (χ3n) is 5.78. The molecule has 1 aromatic carbocycles. The highest BCUT2D eigenvalue weighted by Crippen LogP contribution is 2.10. The maximum atomic E-state index is 13.2. The van der Waals surface area contributed by atoms with E-state index in [2.05, 4.69) is 17.6 Å². The fourth-order valence-corrected chi connectivity index (χ4v) is 3.87. The molecule has 1 saturated heterocycles. The number of unbranched alkanes of at least 4 members (excludes halogenated alkanes) is 3. The lowest BCUT2D eigenvalue weighted by atomic mass is 10.0. The van der Waals surface area contributed by atoms with Crippen LogP contribution >= 0.6 is 0 Å². The average molecular weight is 446 g/mol. The Morgan fingerprint density at radius 3 is 2.53 bits per heavy atom. The molecule has 0 aliphatic carbocycles. The zero-order valence-corrected chi connectivity index (χ0v) is 19.6. The molecule has 1 aliphatic rings. The molecule has 7 nitrogen and oxygen atoms in total. The van der Waals surface area contributed by atoms with Gasteiger partial charge in [0.05, 0.1) is 12.6 Å². The van der Waals surface area contributed by atoms with E-state index < -0.39 is 12.0 Å². The molecule has 2 N–H and O–H groups in total. The van der Waals surface area contributed by atoms with Gasteiger partial charge in [-0.15, -0.1) is 0 Å². The van der Waals surface area contributed by atoms with Crippen LogP contribution in [0.5, 0.6) is 0 Å². The second kappa shape index (κ2) is 14.6. The van der Waals surface area contributed by atoms with Crippen LogP contribution in [0, 0.1) is 0 Å². The summed E-state index contributed by atoms with van der Waals surface area (Å²) in [4.78, 5) is 39.8. The minimum atomic E-state index is -0.743. The first kappa shape index (κ1) is 25.8. The molecule has 2 atom stereocenters. The highest BCUT2D eigenvalue weighted by atomic mass is 16.5. The molecule has 1 heterocycles. The summed E-state index contributed by atoms with van der Waals surface area (Å²) >= 11 is 0. The number of esters is 1. The van der Waals surface area contributed by atoms with Crippen LogP contribution in [0.3, 0.4) is 0 Å². The fraction of sp³-hybridized carbons (Fsp3) is 0.640. The number of cyclic esters (lactones) is 1. The van der Waals surface area contributed by atoms with Crippen LogP contribution in [0.15, 0.2) is 30.3 Å². The Hall–Kier alpha value is -2.41. The maximum Gasteiger partial charge on any atom is 0.325 e. The molecule has 0 aromatic heterocycles. The summed E-state index contributed by atoms with van der Waals surface area (Å²) in [6.07, 6.45) is 8.07. The van der Waals surface area contributed by atoms with Gasteiger partial charge in [-0.3, -0.25) is 14.4 Å². The Morgan fingerprint density at radius 1 is 1.00 bits per heavy atom. The smallest absolute Gasteiger partial charge is 0.325 e. The van der Waals surface area contributed by atoms with Gasteiger partial charge in [-0.05, 0) is 37.8 Å². The number of likely N-dealkylation sites (N-methyl/N-ethyl adjacent to an activating group) is 1. The number of carbonyl (C=O) groups excluding carboxylic acids is 3. The van der Waals surface area contributed by atoms with Gasteiger partial charge in [-0.2, -0.15) is 0 Å². The molecule has 1 aliphatic heterocycles. The SMILES string of the molecule is CCCCCCC1NCCCCCOC(=O)CN(C)C(=O)C(Cc2ccccc2)NC1=O. The largest absolute Gasteiger partial charge is 0.464 e. The Morgan fingerprint density at radius 2 is 1.78 bits per heavy atom. The highest BCUT2D eigenvalue weighted by molar-refractivity contribution is 5.91. The number of hydrogen-bond acceptors (Lipinski definition) is 5. The topological polar surface area (TPSA) is 87.7 Å². The van der Waals surface area contributed by atoms with Crippen molar-refractivity contribution in [2.24, 2.45) is 0 Å². The van der Waals surface area contributed by atoms with E-state index >= 15 is 0 Å². The first-order valence-corrected chi connectivity index (χ1v) is 12.0. The van der Waals surface area contributed by atoms with E-state index in [0.717, 1.165) is 63.5 Å². The van der Waals surface area contributed by atoms with Crippen molar-refractivity contribution in [1.82, 2.24) is 15.5 Å². The van der Waals surface area contributed by atoms with Crippen molar-refractivity contribution in [3.8, 4) is 0 Å². The van der Waals surface area contributed by atoms with E-state index in [1.165, 1.54) is 4.90 Å². The van der Waals surface area contributed by atoms with Gasteiger partial charge < -0.3 is 20.3 Å².